The van der Waals surface area contributed by atoms with Crippen molar-refractivity contribution < 1.29 is 27.1 Å². The fourth-order valence-electron chi connectivity index (χ4n) is 2.55. The standard InChI is InChI=1S/C18H19FN2O5S/c19-14-2-1-3-16(12-14)26-13-18(22)20-15-4-6-17(7-5-15)27(23,24)21-8-10-25-11-9-21/h1-7,12H,8-11,13H2,(H,20,22). The summed E-state index contributed by atoms with van der Waals surface area (Å²) in [6.45, 7) is 1.09. The number of hydrogen-bond donors (Lipinski definition) is 1. The van der Waals surface area contributed by atoms with Gasteiger partial charge in [0.25, 0.3) is 5.91 Å². The van der Waals surface area contributed by atoms with Gasteiger partial charge < -0.3 is 14.8 Å². The van der Waals surface area contributed by atoms with Gasteiger partial charge in [-0.2, -0.15) is 4.31 Å². The van der Waals surface area contributed by atoms with Crippen LogP contribution in [0.3, 0.4) is 0 Å². The maximum Gasteiger partial charge on any atom is 0.262 e. The highest BCUT2D eigenvalue weighted by atomic mass is 32.2. The van der Waals surface area contributed by atoms with Gasteiger partial charge in [0.15, 0.2) is 6.61 Å². The first-order valence-corrected chi connectivity index (χ1v) is 9.75. The number of anilines is 1. The van der Waals surface area contributed by atoms with Gasteiger partial charge >= 0.3 is 0 Å². The number of rotatable bonds is 6. The number of nitrogens with one attached hydrogen (secondary N) is 1. The zero-order valence-corrected chi connectivity index (χ0v) is 15.2. The average molecular weight is 394 g/mol. The summed E-state index contributed by atoms with van der Waals surface area (Å²) in [5.41, 5.74) is 0.434. The maximum atomic E-state index is 13.1. The van der Waals surface area contributed by atoms with Crippen LogP contribution in [0, 0.1) is 5.82 Å². The number of benzene rings is 2. The summed E-state index contributed by atoms with van der Waals surface area (Å²) in [7, 11) is -3.58. The SMILES string of the molecule is O=C(COc1cccc(F)c1)Nc1ccc(S(=O)(=O)N2CCOCC2)cc1. The summed E-state index contributed by atoms with van der Waals surface area (Å²) < 4.78 is 49.9. The van der Waals surface area contributed by atoms with Crippen LogP contribution in [-0.4, -0.2) is 51.5 Å². The van der Waals surface area contributed by atoms with Gasteiger partial charge in [0.05, 0.1) is 18.1 Å². The molecule has 1 fully saturated rings. The first-order chi connectivity index (χ1) is 12.9. The normalized spacial score (nSPS) is 15.3. The monoisotopic (exact) mass is 394 g/mol. The van der Waals surface area contributed by atoms with Crippen LogP contribution in [0.4, 0.5) is 10.1 Å². The van der Waals surface area contributed by atoms with Crippen molar-refractivity contribution in [3.8, 4) is 5.75 Å². The van der Waals surface area contributed by atoms with Crippen LogP contribution in [0.1, 0.15) is 0 Å². The van der Waals surface area contributed by atoms with Crippen molar-refractivity contribution in [3.05, 3.63) is 54.3 Å². The summed E-state index contributed by atoms with van der Waals surface area (Å²) in [4.78, 5) is 12.1. The summed E-state index contributed by atoms with van der Waals surface area (Å²) >= 11 is 0. The van der Waals surface area contributed by atoms with E-state index in [-0.39, 0.29) is 17.3 Å². The molecule has 1 saturated heterocycles. The highest BCUT2D eigenvalue weighted by Gasteiger charge is 2.26. The molecule has 0 bridgehead atoms. The predicted octanol–water partition coefficient (Wildman–Crippen LogP) is 1.86. The molecule has 1 aliphatic heterocycles. The molecule has 3 rings (SSSR count). The van der Waals surface area contributed by atoms with Crippen molar-refractivity contribution in [3.63, 3.8) is 0 Å². The molecule has 27 heavy (non-hydrogen) atoms. The van der Waals surface area contributed by atoms with Crippen molar-refractivity contribution in [2.45, 2.75) is 4.90 Å². The molecule has 1 amide bonds. The Hall–Kier alpha value is -2.49. The lowest BCUT2D eigenvalue weighted by Crippen LogP contribution is -2.40. The van der Waals surface area contributed by atoms with Crippen molar-refractivity contribution in [1.82, 2.24) is 4.31 Å². The van der Waals surface area contributed by atoms with E-state index in [1.165, 1.54) is 46.8 Å². The minimum Gasteiger partial charge on any atom is -0.484 e. The molecular weight excluding hydrogens is 375 g/mol. The lowest BCUT2D eigenvalue weighted by molar-refractivity contribution is -0.118. The molecule has 0 aliphatic carbocycles. The molecule has 7 nitrogen and oxygen atoms in total. The van der Waals surface area contributed by atoms with Crippen LogP contribution < -0.4 is 10.1 Å². The van der Waals surface area contributed by atoms with Crippen LogP contribution >= 0.6 is 0 Å². The van der Waals surface area contributed by atoms with E-state index in [0.717, 1.165) is 0 Å². The molecule has 2 aromatic rings. The van der Waals surface area contributed by atoms with Crippen molar-refractivity contribution in [2.75, 3.05) is 38.2 Å². The molecule has 0 unspecified atom stereocenters. The lowest BCUT2D eigenvalue weighted by Gasteiger charge is -2.26. The number of hydrogen-bond acceptors (Lipinski definition) is 5. The molecular formula is C18H19FN2O5S. The molecule has 2 aromatic carbocycles. The Labute approximate surface area is 156 Å². The van der Waals surface area contributed by atoms with E-state index < -0.39 is 21.7 Å². The van der Waals surface area contributed by atoms with Gasteiger partial charge in [-0.1, -0.05) is 6.07 Å². The molecule has 1 N–H and O–H groups in total. The van der Waals surface area contributed by atoms with Gasteiger partial charge in [-0.15, -0.1) is 0 Å². The smallest absolute Gasteiger partial charge is 0.262 e. The Morgan fingerprint density at radius 3 is 2.52 bits per heavy atom. The van der Waals surface area contributed by atoms with Crippen LogP contribution in [0.15, 0.2) is 53.4 Å². The van der Waals surface area contributed by atoms with E-state index in [1.54, 1.807) is 6.07 Å². The Bertz CT molecular complexity index is 896. The Morgan fingerprint density at radius 2 is 1.85 bits per heavy atom. The number of sulfonamides is 1. The molecule has 0 radical (unpaired) electrons. The van der Waals surface area contributed by atoms with E-state index in [0.29, 0.717) is 32.0 Å². The third-order valence-corrected chi connectivity index (χ3v) is 5.82. The number of ether oxygens (including phenoxy) is 2. The Morgan fingerprint density at radius 1 is 1.15 bits per heavy atom. The number of carbonyl (C=O) groups is 1. The van der Waals surface area contributed by atoms with Gasteiger partial charge in [0.1, 0.15) is 11.6 Å². The van der Waals surface area contributed by atoms with Gasteiger partial charge in [0, 0.05) is 24.8 Å². The topological polar surface area (TPSA) is 84.9 Å². The second-order valence-corrected chi connectivity index (χ2v) is 7.77. The fourth-order valence-corrected chi connectivity index (χ4v) is 3.96. The molecule has 0 atom stereocenters. The lowest BCUT2D eigenvalue weighted by atomic mass is 10.3. The zero-order valence-electron chi connectivity index (χ0n) is 14.4. The summed E-state index contributed by atoms with van der Waals surface area (Å²) in [5, 5.41) is 2.60. The molecule has 0 saturated carbocycles. The predicted molar refractivity (Wildman–Crippen MR) is 96.5 cm³/mol. The largest absolute Gasteiger partial charge is 0.484 e. The molecule has 1 aliphatic rings. The summed E-state index contributed by atoms with van der Waals surface area (Å²) in [6, 6.07) is 11.4. The minimum atomic E-state index is -3.58. The molecule has 0 aromatic heterocycles. The van der Waals surface area contributed by atoms with Gasteiger partial charge in [-0.05, 0) is 36.4 Å². The average Bonchev–Trinajstić information content (AvgIpc) is 2.68. The first kappa shape index (κ1) is 19.3. The summed E-state index contributed by atoms with van der Waals surface area (Å²) in [5.74, 6) is -0.648. The third-order valence-electron chi connectivity index (χ3n) is 3.91. The minimum absolute atomic E-state index is 0.151. The number of halogens is 1. The van der Waals surface area contributed by atoms with Crippen LogP contribution in [-0.2, 0) is 19.6 Å². The fraction of sp³-hybridized carbons (Fsp3) is 0.278. The van der Waals surface area contributed by atoms with E-state index in [1.807, 2.05) is 0 Å². The molecule has 9 heteroatoms. The Kier molecular flexibility index (Phi) is 6.04. The quantitative estimate of drug-likeness (QED) is 0.809. The first-order valence-electron chi connectivity index (χ1n) is 8.31. The van der Waals surface area contributed by atoms with Crippen molar-refractivity contribution in [1.29, 1.82) is 0 Å². The number of nitrogens with zero attached hydrogens (tertiary/aromatic N) is 1. The van der Waals surface area contributed by atoms with Crippen molar-refractivity contribution >= 4 is 21.6 Å². The van der Waals surface area contributed by atoms with Gasteiger partial charge in [0.2, 0.25) is 10.0 Å². The van der Waals surface area contributed by atoms with Crippen LogP contribution in [0.5, 0.6) is 5.75 Å². The number of amides is 1. The van der Waals surface area contributed by atoms with Gasteiger partial charge in [-0.3, -0.25) is 4.79 Å². The molecule has 1 heterocycles. The molecule has 144 valence electrons. The second kappa shape index (κ2) is 8.47. The van der Waals surface area contributed by atoms with Crippen LogP contribution in [0.25, 0.3) is 0 Å². The van der Waals surface area contributed by atoms with E-state index in [2.05, 4.69) is 5.32 Å². The van der Waals surface area contributed by atoms with E-state index in [9.17, 15) is 17.6 Å². The maximum absolute atomic E-state index is 13.1. The van der Waals surface area contributed by atoms with E-state index >= 15 is 0 Å². The second-order valence-electron chi connectivity index (χ2n) is 5.84. The van der Waals surface area contributed by atoms with Gasteiger partial charge in [-0.25, -0.2) is 12.8 Å². The Balaban J connectivity index is 1.57. The molecule has 0 spiro atoms. The van der Waals surface area contributed by atoms with E-state index in [4.69, 9.17) is 9.47 Å². The third kappa shape index (κ3) is 5.03. The number of carbonyl (C=O) groups excluding carboxylic acids is 1. The summed E-state index contributed by atoms with van der Waals surface area (Å²) in [6.07, 6.45) is 0. The van der Waals surface area contributed by atoms with Crippen molar-refractivity contribution in [2.24, 2.45) is 0 Å². The highest BCUT2D eigenvalue weighted by molar-refractivity contribution is 7.89. The zero-order chi connectivity index (χ0) is 19.3. The number of morpholine rings is 1. The van der Waals surface area contributed by atoms with Crippen LogP contribution in [0.2, 0.25) is 0 Å². The highest BCUT2D eigenvalue weighted by Crippen LogP contribution is 2.19.